The molecular formula is C23H25FN2O5. The third-order valence-electron chi connectivity index (χ3n) is 5.98. The quantitative estimate of drug-likeness (QED) is 0.654. The van der Waals surface area contributed by atoms with Crippen molar-refractivity contribution in [1.82, 2.24) is 4.90 Å². The lowest BCUT2D eigenvalue weighted by Gasteiger charge is -2.40. The number of esters is 1. The minimum Gasteiger partial charge on any atom is -0.466 e. The summed E-state index contributed by atoms with van der Waals surface area (Å²) < 4.78 is 23.8. The molecule has 1 unspecified atom stereocenters. The number of hydrogen-bond donors (Lipinski definition) is 0. The van der Waals surface area contributed by atoms with E-state index in [0.717, 1.165) is 11.3 Å². The molecule has 7 nitrogen and oxygen atoms in total. The van der Waals surface area contributed by atoms with Gasteiger partial charge in [0.2, 0.25) is 0 Å². The number of nitrogens with zero attached hydrogens (tertiary/aromatic N) is 2. The molecule has 164 valence electrons. The van der Waals surface area contributed by atoms with Crippen LogP contribution in [-0.2, 0) is 14.4 Å². The van der Waals surface area contributed by atoms with E-state index in [-0.39, 0.29) is 23.8 Å². The van der Waals surface area contributed by atoms with Crippen LogP contribution in [0, 0.1) is 11.2 Å². The highest BCUT2D eigenvalue weighted by molar-refractivity contribution is 6.01. The zero-order valence-electron chi connectivity index (χ0n) is 17.4. The molecule has 2 aromatic rings. The Morgan fingerprint density at radius 1 is 1.23 bits per heavy atom. The average Bonchev–Trinajstić information content (AvgIpc) is 3.47. The number of halogens is 1. The van der Waals surface area contributed by atoms with Gasteiger partial charge in [0.05, 0.1) is 24.0 Å². The molecule has 1 fully saturated rings. The van der Waals surface area contributed by atoms with E-state index in [1.54, 1.807) is 36.1 Å². The van der Waals surface area contributed by atoms with Crippen molar-refractivity contribution in [3.8, 4) is 0 Å². The van der Waals surface area contributed by atoms with Crippen LogP contribution in [0.15, 0.2) is 52.2 Å². The summed E-state index contributed by atoms with van der Waals surface area (Å²) >= 11 is 0. The van der Waals surface area contributed by atoms with Crippen molar-refractivity contribution in [3.05, 3.63) is 59.8 Å². The molecule has 1 aromatic heterocycles. The maximum Gasteiger partial charge on any atom is 0.312 e. The normalized spacial score (nSPS) is 20.1. The summed E-state index contributed by atoms with van der Waals surface area (Å²) in [5.41, 5.74) is 0.788. The number of furan rings is 1. The molecule has 31 heavy (non-hydrogen) atoms. The van der Waals surface area contributed by atoms with E-state index in [0.29, 0.717) is 51.1 Å². The number of carbonyl (C=O) groups is 2. The van der Waals surface area contributed by atoms with Crippen molar-refractivity contribution in [1.29, 1.82) is 0 Å². The Morgan fingerprint density at radius 3 is 2.61 bits per heavy atom. The Kier molecular flexibility index (Phi) is 6.06. The van der Waals surface area contributed by atoms with Crippen LogP contribution in [0.1, 0.15) is 48.7 Å². The molecule has 4 rings (SSSR count). The molecule has 0 bridgehead atoms. The molecule has 1 saturated heterocycles. The number of oxime groups is 1. The van der Waals surface area contributed by atoms with Gasteiger partial charge in [-0.2, -0.15) is 0 Å². The van der Waals surface area contributed by atoms with Gasteiger partial charge in [-0.25, -0.2) is 4.39 Å². The molecule has 3 heterocycles. The lowest BCUT2D eigenvalue weighted by molar-refractivity contribution is -0.161. The third kappa shape index (κ3) is 4.47. The topological polar surface area (TPSA) is 81.3 Å². The Hall–Kier alpha value is -3.16. The van der Waals surface area contributed by atoms with Crippen molar-refractivity contribution >= 4 is 17.6 Å². The highest BCUT2D eigenvalue weighted by Gasteiger charge is 2.46. The third-order valence-corrected chi connectivity index (χ3v) is 5.98. The summed E-state index contributed by atoms with van der Waals surface area (Å²) in [5.74, 6) is -0.461. The Labute approximate surface area is 179 Å². The standard InChI is InChI=1S/C23H25FN2O5/c1-2-29-22(28)23(9-11-26(12-10-23)21(27)20-4-3-13-30-20)15-18-14-19(25-31-18)16-5-7-17(24)8-6-16/h3-8,13,18H,2,9-12,14-15H2,1H3. The summed E-state index contributed by atoms with van der Waals surface area (Å²) in [4.78, 5) is 32.8. The van der Waals surface area contributed by atoms with Gasteiger partial charge < -0.3 is 18.9 Å². The number of rotatable bonds is 6. The summed E-state index contributed by atoms with van der Waals surface area (Å²) in [5, 5.41) is 4.16. The second-order valence-corrected chi connectivity index (χ2v) is 7.95. The monoisotopic (exact) mass is 428 g/mol. The van der Waals surface area contributed by atoms with Crippen LogP contribution in [0.3, 0.4) is 0 Å². The van der Waals surface area contributed by atoms with E-state index in [2.05, 4.69) is 5.16 Å². The first-order valence-corrected chi connectivity index (χ1v) is 10.5. The molecule has 0 radical (unpaired) electrons. The van der Waals surface area contributed by atoms with Gasteiger partial charge in [-0.15, -0.1) is 0 Å². The number of likely N-dealkylation sites (tertiary alicyclic amines) is 1. The predicted octanol–water partition coefficient (Wildman–Crippen LogP) is 3.79. The maximum atomic E-state index is 13.2. The van der Waals surface area contributed by atoms with Crippen LogP contribution in [0.4, 0.5) is 4.39 Å². The van der Waals surface area contributed by atoms with Gasteiger partial charge in [0.1, 0.15) is 11.9 Å². The van der Waals surface area contributed by atoms with Gasteiger partial charge in [0, 0.05) is 25.9 Å². The smallest absolute Gasteiger partial charge is 0.312 e. The molecule has 8 heteroatoms. The van der Waals surface area contributed by atoms with E-state index in [4.69, 9.17) is 14.0 Å². The molecule has 2 aliphatic heterocycles. The van der Waals surface area contributed by atoms with Crippen LogP contribution in [-0.4, -0.2) is 48.3 Å². The van der Waals surface area contributed by atoms with Crippen molar-refractivity contribution in [2.24, 2.45) is 10.6 Å². The van der Waals surface area contributed by atoms with Crippen molar-refractivity contribution in [2.75, 3.05) is 19.7 Å². The zero-order valence-corrected chi connectivity index (χ0v) is 17.4. The number of ether oxygens (including phenoxy) is 1. The average molecular weight is 428 g/mol. The second kappa shape index (κ2) is 8.91. The van der Waals surface area contributed by atoms with E-state index in [1.807, 2.05) is 0 Å². The molecule has 1 aromatic carbocycles. The number of amides is 1. The van der Waals surface area contributed by atoms with Crippen molar-refractivity contribution in [3.63, 3.8) is 0 Å². The van der Waals surface area contributed by atoms with Crippen LogP contribution in [0.5, 0.6) is 0 Å². The van der Waals surface area contributed by atoms with Gasteiger partial charge in [0.15, 0.2) is 5.76 Å². The summed E-state index contributed by atoms with van der Waals surface area (Å²) in [6, 6.07) is 9.42. The van der Waals surface area contributed by atoms with Crippen LogP contribution in [0.2, 0.25) is 0 Å². The highest BCUT2D eigenvalue weighted by Crippen LogP contribution is 2.40. The number of piperidine rings is 1. The number of benzene rings is 1. The Balaban J connectivity index is 1.42. The minimum absolute atomic E-state index is 0.179. The lowest BCUT2D eigenvalue weighted by atomic mass is 9.73. The molecule has 0 spiro atoms. The van der Waals surface area contributed by atoms with Gasteiger partial charge in [-0.1, -0.05) is 17.3 Å². The largest absolute Gasteiger partial charge is 0.466 e. The molecular weight excluding hydrogens is 403 g/mol. The molecule has 0 N–H and O–H groups in total. The van der Waals surface area contributed by atoms with E-state index in [1.165, 1.54) is 18.4 Å². The van der Waals surface area contributed by atoms with E-state index in [9.17, 15) is 14.0 Å². The van der Waals surface area contributed by atoms with Crippen LogP contribution >= 0.6 is 0 Å². The predicted molar refractivity (Wildman–Crippen MR) is 110 cm³/mol. The van der Waals surface area contributed by atoms with Crippen LogP contribution in [0.25, 0.3) is 0 Å². The molecule has 1 atom stereocenters. The summed E-state index contributed by atoms with van der Waals surface area (Å²) in [6.07, 6.45) is 3.12. The van der Waals surface area contributed by atoms with Gasteiger partial charge in [-0.3, -0.25) is 9.59 Å². The summed E-state index contributed by atoms with van der Waals surface area (Å²) in [6.45, 7) is 2.93. The van der Waals surface area contributed by atoms with Gasteiger partial charge in [0.25, 0.3) is 5.91 Å². The van der Waals surface area contributed by atoms with E-state index >= 15 is 0 Å². The first-order valence-electron chi connectivity index (χ1n) is 10.5. The second-order valence-electron chi connectivity index (χ2n) is 7.95. The van der Waals surface area contributed by atoms with Crippen LogP contribution < -0.4 is 0 Å². The van der Waals surface area contributed by atoms with E-state index < -0.39 is 5.41 Å². The fourth-order valence-electron chi connectivity index (χ4n) is 4.26. The molecule has 0 saturated carbocycles. The fraction of sp³-hybridized carbons (Fsp3) is 0.435. The molecule has 0 aliphatic carbocycles. The first-order chi connectivity index (χ1) is 15.0. The Bertz CT molecular complexity index is 947. The van der Waals surface area contributed by atoms with Gasteiger partial charge in [-0.05, 0) is 49.6 Å². The zero-order chi connectivity index (χ0) is 21.8. The fourth-order valence-corrected chi connectivity index (χ4v) is 4.26. The minimum atomic E-state index is -0.742. The number of hydrogen-bond acceptors (Lipinski definition) is 6. The Morgan fingerprint density at radius 2 is 1.97 bits per heavy atom. The molecule has 1 amide bonds. The van der Waals surface area contributed by atoms with Crippen molar-refractivity contribution < 1.29 is 28.0 Å². The SMILES string of the molecule is CCOC(=O)C1(CC2CC(c3ccc(F)cc3)=NO2)CCN(C(=O)c2ccco2)CC1. The highest BCUT2D eigenvalue weighted by atomic mass is 19.1. The first kappa shape index (κ1) is 21.1. The van der Waals surface area contributed by atoms with Gasteiger partial charge >= 0.3 is 5.97 Å². The summed E-state index contributed by atoms with van der Waals surface area (Å²) in [7, 11) is 0. The maximum absolute atomic E-state index is 13.2. The number of carbonyl (C=O) groups excluding carboxylic acids is 2. The van der Waals surface area contributed by atoms with Crippen molar-refractivity contribution in [2.45, 2.75) is 38.7 Å². The molecule has 2 aliphatic rings. The lowest BCUT2D eigenvalue weighted by Crippen LogP contribution is -2.48.